The van der Waals surface area contributed by atoms with Gasteiger partial charge in [0.05, 0.1) is 11.3 Å². The number of nitrogens with one attached hydrogen (secondary N) is 1. The van der Waals surface area contributed by atoms with E-state index in [1.165, 1.54) is 30.0 Å². The summed E-state index contributed by atoms with van der Waals surface area (Å²) in [6.45, 7) is 1.46. The molecule has 0 unspecified atom stereocenters. The lowest BCUT2D eigenvalue weighted by Crippen LogP contribution is -2.21. The number of para-hydroxylation sites is 1. The number of esters is 1. The highest BCUT2D eigenvalue weighted by atomic mass is 32.2. The van der Waals surface area contributed by atoms with Gasteiger partial charge in [0, 0.05) is 11.1 Å². The van der Waals surface area contributed by atoms with Gasteiger partial charge in [0.15, 0.2) is 6.61 Å². The van der Waals surface area contributed by atoms with Gasteiger partial charge in [-0.1, -0.05) is 41.6 Å². The molecule has 1 aromatic heterocycles. The van der Waals surface area contributed by atoms with Gasteiger partial charge in [-0.25, -0.2) is 14.2 Å². The van der Waals surface area contributed by atoms with Crippen molar-refractivity contribution in [3.63, 3.8) is 0 Å². The van der Waals surface area contributed by atoms with E-state index in [1.54, 1.807) is 24.4 Å². The van der Waals surface area contributed by atoms with Gasteiger partial charge in [0.2, 0.25) is 0 Å². The summed E-state index contributed by atoms with van der Waals surface area (Å²) in [5.74, 6) is -1.87. The van der Waals surface area contributed by atoms with E-state index >= 15 is 0 Å². The summed E-state index contributed by atoms with van der Waals surface area (Å²) in [5, 5.41) is 2.84. The molecule has 1 heterocycles. The molecular weight excluding hydrogens is 379 g/mol. The topological polar surface area (TPSA) is 68.3 Å². The number of anilines is 1. The molecule has 1 amide bonds. The van der Waals surface area contributed by atoms with Crippen LogP contribution in [0.15, 0.2) is 76.8 Å². The van der Waals surface area contributed by atoms with Crippen LogP contribution < -0.4 is 5.32 Å². The number of carbonyl (C=O) groups is 2. The van der Waals surface area contributed by atoms with E-state index in [-0.39, 0.29) is 11.3 Å². The van der Waals surface area contributed by atoms with Crippen LogP contribution in [0.5, 0.6) is 0 Å². The van der Waals surface area contributed by atoms with Gasteiger partial charge >= 0.3 is 5.97 Å². The highest BCUT2D eigenvalue weighted by Gasteiger charge is 2.17. The number of hydrogen-bond acceptors (Lipinski definition) is 5. The number of hydrogen-bond donors (Lipinski definition) is 1. The number of pyridine rings is 1. The Morgan fingerprint density at radius 2 is 1.82 bits per heavy atom. The van der Waals surface area contributed by atoms with Crippen LogP contribution in [0.2, 0.25) is 0 Å². The van der Waals surface area contributed by atoms with Gasteiger partial charge in [-0.3, -0.25) is 4.79 Å². The van der Waals surface area contributed by atoms with Gasteiger partial charge in [0.25, 0.3) is 5.91 Å². The van der Waals surface area contributed by atoms with Crippen LogP contribution in [0.1, 0.15) is 15.9 Å². The molecule has 2 aromatic carbocycles. The first kappa shape index (κ1) is 19.6. The van der Waals surface area contributed by atoms with Crippen LogP contribution in [-0.4, -0.2) is 23.5 Å². The second-order valence-electron chi connectivity index (χ2n) is 5.88. The van der Waals surface area contributed by atoms with E-state index in [9.17, 15) is 14.0 Å². The van der Waals surface area contributed by atoms with Gasteiger partial charge in [-0.2, -0.15) is 0 Å². The fourth-order valence-electron chi connectivity index (χ4n) is 2.30. The molecule has 0 spiro atoms. The minimum absolute atomic E-state index is 0.0283. The van der Waals surface area contributed by atoms with Crippen molar-refractivity contribution in [1.82, 2.24) is 4.98 Å². The molecule has 0 radical (unpaired) electrons. The summed E-state index contributed by atoms with van der Waals surface area (Å²) in [6, 6.07) is 16.8. The normalized spacial score (nSPS) is 10.4. The molecule has 7 heteroatoms. The SMILES string of the molecule is Cc1ccc(Sc2ncccc2C(=O)OCC(=O)Nc2ccccc2F)cc1. The highest BCUT2D eigenvalue weighted by Crippen LogP contribution is 2.29. The average Bonchev–Trinajstić information content (AvgIpc) is 2.70. The summed E-state index contributed by atoms with van der Waals surface area (Å²) in [6.07, 6.45) is 1.58. The van der Waals surface area contributed by atoms with E-state index in [4.69, 9.17) is 4.74 Å². The lowest BCUT2D eigenvalue weighted by Gasteiger charge is -2.09. The first-order valence-corrected chi connectivity index (χ1v) is 9.25. The summed E-state index contributed by atoms with van der Waals surface area (Å²) < 4.78 is 18.6. The molecule has 0 aliphatic carbocycles. The molecular formula is C21H17FN2O3S. The molecule has 0 bridgehead atoms. The Hall–Kier alpha value is -3.19. The molecule has 28 heavy (non-hydrogen) atoms. The summed E-state index contributed by atoms with van der Waals surface area (Å²) >= 11 is 1.33. The predicted octanol–water partition coefficient (Wildman–Crippen LogP) is 4.48. The average molecular weight is 396 g/mol. The molecule has 0 fully saturated rings. The maximum absolute atomic E-state index is 13.6. The summed E-state index contributed by atoms with van der Waals surface area (Å²) in [5.41, 5.74) is 1.41. The zero-order chi connectivity index (χ0) is 19.9. The first-order chi connectivity index (χ1) is 13.5. The van der Waals surface area contributed by atoms with E-state index < -0.39 is 24.3 Å². The predicted molar refractivity (Wildman–Crippen MR) is 105 cm³/mol. The molecule has 0 aliphatic heterocycles. The Morgan fingerprint density at radius 1 is 1.07 bits per heavy atom. The maximum atomic E-state index is 13.6. The van der Waals surface area contributed by atoms with Crippen molar-refractivity contribution < 1.29 is 18.7 Å². The van der Waals surface area contributed by atoms with Crippen molar-refractivity contribution in [2.45, 2.75) is 16.8 Å². The Labute approximate surface area is 166 Å². The van der Waals surface area contributed by atoms with Crippen LogP contribution in [0, 0.1) is 12.7 Å². The third-order valence-corrected chi connectivity index (χ3v) is 4.74. The lowest BCUT2D eigenvalue weighted by molar-refractivity contribution is -0.119. The lowest BCUT2D eigenvalue weighted by atomic mass is 10.2. The summed E-state index contributed by atoms with van der Waals surface area (Å²) in [7, 11) is 0. The molecule has 142 valence electrons. The van der Waals surface area contributed by atoms with Crippen LogP contribution in [0.25, 0.3) is 0 Å². The van der Waals surface area contributed by atoms with Crippen molar-refractivity contribution in [2.75, 3.05) is 11.9 Å². The Morgan fingerprint density at radius 3 is 2.57 bits per heavy atom. The number of nitrogens with zero attached hydrogens (tertiary/aromatic N) is 1. The third kappa shape index (κ3) is 5.17. The number of rotatable bonds is 6. The third-order valence-electron chi connectivity index (χ3n) is 3.71. The van der Waals surface area contributed by atoms with Gasteiger partial charge in [-0.15, -0.1) is 0 Å². The standard InChI is InChI=1S/C21H17FN2O3S/c1-14-8-10-15(11-9-14)28-20-16(5-4-12-23-20)21(26)27-13-19(25)24-18-7-3-2-6-17(18)22/h2-12H,13H2,1H3,(H,24,25). The fraction of sp³-hybridized carbons (Fsp3) is 0.0952. The quantitative estimate of drug-likeness (QED) is 0.623. The zero-order valence-corrected chi connectivity index (χ0v) is 15.8. The van der Waals surface area contributed by atoms with E-state index in [2.05, 4.69) is 10.3 Å². The number of amides is 1. The van der Waals surface area contributed by atoms with Crippen LogP contribution in [0.3, 0.4) is 0 Å². The van der Waals surface area contributed by atoms with Crippen LogP contribution in [0.4, 0.5) is 10.1 Å². The van der Waals surface area contributed by atoms with Crippen molar-refractivity contribution in [2.24, 2.45) is 0 Å². The molecule has 0 saturated heterocycles. The van der Waals surface area contributed by atoms with E-state index in [0.717, 1.165) is 10.5 Å². The highest BCUT2D eigenvalue weighted by molar-refractivity contribution is 7.99. The zero-order valence-electron chi connectivity index (χ0n) is 15.0. The molecule has 3 aromatic rings. The molecule has 0 atom stereocenters. The second-order valence-corrected chi connectivity index (χ2v) is 6.94. The smallest absolute Gasteiger partial charge is 0.341 e. The minimum atomic E-state index is -0.675. The Bertz CT molecular complexity index is 993. The number of aryl methyl sites for hydroxylation is 1. The number of halogens is 1. The van der Waals surface area contributed by atoms with E-state index in [0.29, 0.717) is 5.03 Å². The van der Waals surface area contributed by atoms with Crippen molar-refractivity contribution >= 4 is 29.3 Å². The van der Waals surface area contributed by atoms with Crippen molar-refractivity contribution in [1.29, 1.82) is 0 Å². The number of aromatic nitrogens is 1. The first-order valence-electron chi connectivity index (χ1n) is 8.44. The molecule has 0 saturated carbocycles. The maximum Gasteiger partial charge on any atom is 0.341 e. The number of carbonyl (C=O) groups excluding carboxylic acids is 2. The molecule has 5 nitrogen and oxygen atoms in total. The van der Waals surface area contributed by atoms with Gasteiger partial charge in [-0.05, 0) is 43.3 Å². The van der Waals surface area contributed by atoms with Gasteiger partial charge < -0.3 is 10.1 Å². The van der Waals surface area contributed by atoms with Gasteiger partial charge in [0.1, 0.15) is 10.8 Å². The molecule has 0 aliphatic rings. The minimum Gasteiger partial charge on any atom is -0.452 e. The summed E-state index contributed by atoms with van der Waals surface area (Å²) in [4.78, 5) is 29.5. The van der Waals surface area contributed by atoms with Crippen molar-refractivity contribution in [3.8, 4) is 0 Å². The van der Waals surface area contributed by atoms with E-state index in [1.807, 2.05) is 31.2 Å². The second kappa shape index (κ2) is 9.14. The monoisotopic (exact) mass is 396 g/mol. The Kier molecular flexibility index (Phi) is 6.39. The van der Waals surface area contributed by atoms with Crippen molar-refractivity contribution in [3.05, 3.63) is 83.8 Å². The largest absolute Gasteiger partial charge is 0.452 e. The number of benzene rings is 2. The van der Waals surface area contributed by atoms with Crippen LogP contribution in [-0.2, 0) is 9.53 Å². The number of ether oxygens (including phenoxy) is 1. The molecule has 1 N–H and O–H groups in total. The Balaban J connectivity index is 1.63. The molecule has 3 rings (SSSR count). The van der Waals surface area contributed by atoms with Crippen LogP contribution >= 0.6 is 11.8 Å². The fourth-order valence-corrected chi connectivity index (χ4v) is 3.17.